The molecule has 0 saturated carbocycles. The fourth-order valence-electron chi connectivity index (χ4n) is 3.36. The van der Waals surface area contributed by atoms with Crippen molar-refractivity contribution in [1.29, 1.82) is 0 Å². The number of aryl methyl sites for hydroxylation is 1. The van der Waals surface area contributed by atoms with Crippen molar-refractivity contribution in [3.8, 4) is 18.1 Å². The van der Waals surface area contributed by atoms with Crippen molar-refractivity contribution in [2.75, 3.05) is 0 Å². The molecule has 0 N–H and O–H groups in total. The maximum absolute atomic E-state index is 14.3. The maximum atomic E-state index is 14.3. The maximum Gasteiger partial charge on any atom is 0.387 e. The lowest BCUT2D eigenvalue weighted by molar-refractivity contribution is -0.0498. The van der Waals surface area contributed by atoms with Crippen LogP contribution in [0.2, 0.25) is 0 Å². The van der Waals surface area contributed by atoms with Gasteiger partial charge < -0.3 is 4.74 Å². The van der Waals surface area contributed by atoms with E-state index in [9.17, 15) is 17.6 Å². The summed E-state index contributed by atoms with van der Waals surface area (Å²) in [6, 6.07) is 17.3. The first-order valence-corrected chi connectivity index (χ1v) is 10.9. The van der Waals surface area contributed by atoms with E-state index in [0.29, 0.717) is 17.7 Å². The monoisotopic (exact) mass is 458 g/mol. The van der Waals surface area contributed by atoms with Crippen molar-refractivity contribution in [3.05, 3.63) is 89.5 Å². The van der Waals surface area contributed by atoms with Gasteiger partial charge in [0.15, 0.2) is 0 Å². The van der Waals surface area contributed by atoms with E-state index >= 15 is 0 Å². The third kappa shape index (κ3) is 6.30. The second-order valence-electron chi connectivity index (χ2n) is 7.55. The molecule has 0 radical (unpaired) electrons. The predicted molar refractivity (Wildman–Crippen MR) is 119 cm³/mol. The molecule has 0 fully saturated rings. The second kappa shape index (κ2) is 10.6. The number of alkyl halides is 2. The summed E-state index contributed by atoms with van der Waals surface area (Å²) < 4.78 is 56.4. The fourth-order valence-corrected chi connectivity index (χ4v) is 4.26. The zero-order valence-electron chi connectivity index (χ0n) is 17.5. The van der Waals surface area contributed by atoms with Crippen LogP contribution in [0.1, 0.15) is 30.9 Å². The van der Waals surface area contributed by atoms with Crippen LogP contribution in [0.25, 0.3) is 0 Å². The van der Waals surface area contributed by atoms with Crippen LogP contribution >= 0.6 is 11.8 Å². The first-order chi connectivity index (χ1) is 15.3. The molecule has 1 atom stereocenters. The summed E-state index contributed by atoms with van der Waals surface area (Å²) in [4.78, 5) is 1.23. The molecule has 0 heterocycles. The van der Waals surface area contributed by atoms with Gasteiger partial charge in [-0.1, -0.05) is 35.9 Å². The van der Waals surface area contributed by atoms with Gasteiger partial charge in [-0.2, -0.15) is 8.78 Å². The number of rotatable bonds is 9. The Morgan fingerprint density at radius 3 is 2.31 bits per heavy atom. The lowest BCUT2D eigenvalue weighted by Gasteiger charge is -2.24. The van der Waals surface area contributed by atoms with Gasteiger partial charge in [-0.05, 0) is 85.8 Å². The molecule has 1 nitrogen and oxygen atoms in total. The highest BCUT2D eigenvalue weighted by atomic mass is 32.2. The van der Waals surface area contributed by atoms with Crippen molar-refractivity contribution >= 4 is 11.8 Å². The summed E-state index contributed by atoms with van der Waals surface area (Å²) in [7, 11) is 0. The molecule has 166 valence electrons. The lowest BCUT2D eigenvalue weighted by atomic mass is 9.78. The Morgan fingerprint density at radius 2 is 1.69 bits per heavy atom. The lowest BCUT2D eigenvalue weighted by Crippen LogP contribution is -2.19. The largest absolute Gasteiger partial charge is 0.435 e. The van der Waals surface area contributed by atoms with Gasteiger partial charge in [0.05, 0.1) is 5.41 Å². The molecular formula is C26H22F4OS. The van der Waals surface area contributed by atoms with E-state index in [2.05, 4.69) is 10.7 Å². The standard InChI is InChI=1S/C26H22F4OS/c1-3-26(2,19-7-11-21(12-8-19)31-25(29)30)16-4-5-18-6-15-23(28)24(17-18)32-22-13-9-20(27)10-14-22/h1,6-15,17,25H,4-5,16H2,2H3. The van der Waals surface area contributed by atoms with E-state index in [1.54, 1.807) is 36.4 Å². The molecule has 3 rings (SSSR count). The predicted octanol–water partition coefficient (Wildman–Crippen LogP) is 7.63. The van der Waals surface area contributed by atoms with E-state index in [4.69, 9.17) is 6.42 Å². The van der Waals surface area contributed by atoms with Crippen LogP contribution in [-0.4, -0.2) is 6.61 Å². The summed E-state index contributed by atoms with van der Waals surface area (Å²) in [5.41, 5.74) is 1.24. The van der Waals surface area contributed by atoms with Gasteiger partial charge >= 0.3 is 6.61 Å². The SMILES string of the molecule is C#CC(C)(CCCc1ccc(F)c(Sc2ccc(F)cc2)c1)c1ccc(OC(F)F)cc1. The first kappa shape index (κ1) is 23.7. The molecule has 3 aromatic carbocycles. The van der Waals surface area contributed by atoms with Crippen molar-refractivity contribution in [1.82, 2.24) is 0 Å². The summed E-state index contributed by atoms with van der Waals surface area (Å²) >= 11 is 1.24. The van der Waals surface area contributed by atoms with Crippen LogP contribution in [0, 0.1) is 24.0 Å². The second-order valence-corrected chi connectivity index (χ2v) is 8.67. The average molecular weight is 459 g/mol. The third-order valence-electron chi connectivity index (χ3n) is 5.21. The van der Waals surface area contributed by atoms with Crippen LogP contribution in [0.3, 0.4) is 0 Å². The molecule has 1 unspecified atom stereocenters. The summed E-state index contributed by atoms with van der Waals surface area (Å²) in [6.45, 7) is -0.946. The van der Waals surface area contributed by atoms with E-state index in [1.807, 2.05) is 6.92 Å². The number of halogens is 4. The van der Waals surface area contributed by atoms with E-state index in [-0.39, 0.29) is 17.4 Å². The van der Waals surface area contributed by atoms with E-state index in [1.165, 1.54) is 42.1 Å². The molecule has 0 aliphatic heterocycles. The molecule has 32 heavy (non-hydrogen) atoms. The van der Waals surface area contributed by atoms with Gasteiger partial charge in [0.1, 0.15) is 17.4 Å². The normalized spacial score (nSPS) is 12.9. The minimum Gasteiger partial charge on any atom is -0.435 e. The molecular weight excluding hydrogens is 436 g/mol. The molecule has 0 spiro atoms. The highest BCUT2D eigenvalue weighted by Gasteiger charge is 2.24. The molecule has 0 aliphatic rings. The Labute approximate surface area is 189 Å². The van der Waals surface area contributed by atoms with E-state index in [0.717, 1.165) is 22.4 Å². The van der Waals surface area contributed by atoms with Gasteiger partial charge in [0, 0.05) is 9.79 Å². The fraction of sp³-hybridized carbons (Fsp3) is 0.231. The molecule has 0 aromatic heterocycles. The highest BCUT2D eigenvalue weighted by molar-refractivity contribution is 7.99. The molecule has 6 heteroatoms. The van der Waals surface area contributed by atoms with Crippen LogP contribution in [0.4, 0.5) is 17.6 Å². The quantitative estimate of drug-likeness (QED) is 0.241. The molecule has 0 amide bonds. The van der Waals surface area contributed by atoms with Crippen molar-refractivity contribution in [2.45, 2.75) is 48.0 Å². The summed E-state index contributed by atoms with van der Waals surface area (Å²) in [5, 5.41) is 0. The number of hydrogen-bond acceptors (Lipinski definition) is 2. The van der Waals surface area contributed by atoms with Gasteiger partial charge in [-0.3, -0.25) is 0 Å². The Kier molecular flexibility index (Phi) is 7.87. The molecule has 0 aliphatic carbocycles. The van der Waals surface area contributed by atoms with Gasteiger partial charge in [-0.15, -0.1) is 6.42 Å². The molecule has 0 bridgehead atoms. The third-order valence-corrected chi connectivity index (χ3v) is 6.26. The Morgan fingerprint density at radius 1 is 1.00 bits per heavy atom. The van der Waals surface area contributed by atoms with Crippen LogP contribution in [0.15, 0.2) is 76.5 Å². The molecule has 3 aromatic rings. The smallest absolute Gasteiger partial charge is 0.387 e. The Bertz CT molecular complexity index is 1070. The van der Waals surface area contributed by atoms with Gasteiger partial charge in [0.25, 0.3) is 0 Å². The average Bonchev–Trinajstić information content (AvgIpc) is 2.77. The minimum atomic E-state index is -2.87. The summed E-state index contributed by atoms with van der Waals surface area (Å²) in [6.07, 6.45) is 7.91. The van der Waals surface area contributed by atoms with Gasteiger partial charge in [0.2, 0.25) is 0 Å². The zero-order valence-corrected chi connectivity index (χ0v) is 18.3. The Balaban J connectivity index is 1.64. The van der Waals surface area contributed by atoms with Crippen molar-refractivity contribution in [2.24, 2.45) is 0 Å². The van der Waals surface area contributed by atoms with E-state index < -0.39 is 12.0 Å². The minimum absolute atomic E-state index is 0.0839. The topological polar surface area (TPSA) is 9.23 Å². The van der Waals surface area contributed by atoms with Crippen molar-refractivity contribution in [3.63, 3.8) is 0 Å². The summed E-state index contributed by atoms with van der Waals surface area (Å²) in [5.74, 6) is 2.23. The van der Waals surface area contributed by atoms with Gasteiger partial charge in [-0.25, -0.2) is 8.78 Å². The number of hydrogen-bond donors (Lipinski definition) is 0. The Hall–Kier alpha value is -2.91. The van der Waals surface area contributed by atoms with Crippen LogP contribution in [-0.2, 0) is 11.8 Å². The molecule has 0 saturated heterocycles. The van der Waals surface area contributed by atoms with Crippen LogP contribution in [0.5, 0.6) is 5.75 Å². The zero-order chi connectivity index (χ0) is 23.1. The number of terminal acetylenes is 1. The van der Waals surface area contributed by atoms with Crippen molar-refractivity contribution < 1.29 is 22.3 Å². The number of benzene rings is 3. The first-order valence-electron chi connectivity index (χ1n) is 10.0. The number of ether oxygens (including phenoxy) is 1. The van der Waals surface area contributed by atoms with Crippen LogP contribution < -0.4 is 4.74 Å². The highest BCUT2D eigenvalue weighted by Crippen LogP contribution is 2.33.